The van der Waals surface area contributed by atoms with E-state index in [1.807, 2.05) is 13.8 Å². The van der Waals surface area contributed by atoms with Crippen LogP contribution in [0.4, 0.5) is 11.4 Å². The molecule has 0 spiro atoms. The second kappa shape index (κ2) is 9.42. The Morgan fingerprint density at radius 3 is 2.37 bits per heavy atom. The van der Waals surface area contributed by atoms with Gasteiger partial charge in [0.1, 0.15) is 5.75 Å². The minimum absolute atomic E-state index is 0.123. The number of hydrogen-bond donors (Lipinski definition) is 1. The first-order valence-corrected chi connectivity index (χ1v) is 12.4. The van der Waals surface area contributed by atoms with Crippen molar-refractivity contribution < 1.29 is 27.5 Å². The van der Waals surface area contributed by atoms with Crippen LogP contribution in [-0.4, -0.2) is 40.1 Å². The van der Waals surface area contributed by atoms with Gasteiger partial charge in [0.2, 0.25) is 0 Å². The number of hydrogen-bond acceptors (Lipinski definition) is 6. The molecule has 182 valence electrons. The number of benzene rings is 3. The normalized spacial score (nSPS) is 15.1. The third-order valence-electron chi connectivity index (χ3n) is 5.88. The number of aryl methyl sites for hydroxylation is 2. The summed E-state index contributed by atoms with van der Waals surface area (Å²) in [5, 5.41) is 2.77. The Kier molecular flexibility index (Phi) is 6.53. The zero-order chi connectivity index (χ0) is 25.3. The lowest BCUT2D eigenvalue weighted by atomic mass is 10.1. The third-order valence-corrected chi connectivity index (χ3v) is 7.68. The Hall–Kier alpha value is -3.85. The number of rotatable bonds is 5. The number of amides is 1. The summed E-state index contributed by atoms with van der Waals surface area (Å²) in [5.74, 6) is -0.768. The van der Waals surface area contributed by atoms with Gasteiger partial charge in [-0.1, -0.05) is 29.8 Å². The van der Waals surface area contributed by atoms with E-state index in [-0.39, 0.29) is 17.2 Å². The van der Waals surface area contributed by atoms with Crippen molar-refractivity contribution in [2.45, 2.75) is 31.8 Å². The van der Waals surface area contributed by atoms with E-state index in [2.05, 4.69) is 5.32 Å². The molecule has 8 nitrogen and oxygen atoms in total. The number of esters is 1. The second-order valence-corrected chi connectivity index (χ2v) is 10.2. The Morgan fingerprint density at radius 1 is 1.00 bits per heavy atom. The van der Waals surface area contributed by atoms with Crippen LogP contribution in [0.25, 0.3) is 0 Å². The van der Waals surface area contributed by atoms with Gasteiger partial charge >= 0.3 is 5.97 Å². The summed E-state index contributed by atoms with van der Waals surface area (Å²) in [6.07, 6.45) is -1.12. The van der Waals surface area contributed by atoms with Gasteiger partial charge in [-0.3, -0.25) is 9.10 Å². The molecule has 0 saturated heterocycles. The zero-order valence-electron chi connectivity index (χ0n) is 19.9. The van der Waals surface area contributed by atoms with Crippen molar-refractivity contribution in [2.75, 3.05) is 23.3 Å². The first-order chi connectivity index (χ1) is 16.6. The Bertz CT molecular complexity index is 1400. The molecule has 1 unspecified atom stereocenters. The van der Waals surface area contributed by atoms with Crippen molar-refractivity contribution in [3.8, 4) is 5.75 Å². The molecule has 1 atom stereocenters. The van der Waals surface area contributed by atoms with Crippen LogP contribution in [0.2, 0.25) is 0 Å². The van der Waals surface area contributed by atoms with Gasteiger partial charge in [0.05, 0.1) is 29.8 Å². The van der Waals surface area contributed by atoms with Crippen LogP contribution in [0.5, 0.6) is 5.75 Å². The molecule has 0 radical (unpaired) electrons. The summed E-state index contributed by atoms with van der Waals surface area (Å²) in [4.78, 5) is 25.4. The molecule has 1 aliphatic rings. The molecule has 0 aliphatic carbocycles. The molecular formula is C26H26N2O6S. The molecule has 0 saturated carbocycles. The van der Waals surface area contributed by atoms with E-state index >= 15 is 0 Å². The highest BCUT2D eigenvalue weighted by molar-refractivity contribution is 7.92. The van der Waals surface area contributed by atoms with Crippen LogP contribution >= 0.6 is 0 Å². The number of fused-ring (bicyclic) bond motifs is 1. The number of carbonyl (C=O) groups excluding carboxylic acids is 2. The molecule has 0 bridgehead atoms. The largest absolute Gasteiger partial charge is 0.476 e. The maximum Gasteiger partial charge on any atom is 0.338 e. The average molecular weight is 495 g/mol. The number of nitrogens with zero attached hydrogens (tertiary/aromatic N) is 1. The Balaban J connectivity index is 1.68. The SMILES string of the molecule is COC(=O)c1cccc(NC(=O)C2CN(S(=O)(=O)c3ccc(C)cc3)c3cc(C)ccc3O2)c1C. The molecule has 3 aromatic carbocycles. The first-order valence-electron chi connectivity index (χ1n) is 11.0. The molecule has 1 amide bonds. The average Bonchev–Trinajstić information content (AvgIpc) is 2.84. The minimum Gasteiger partial charge on any atom is -0.476 e. The highest BCUT2D eigenvalue weighted by Gasteiger charge is 2.38. The number of ether oxygens (including phenoxy) is 2. The van der Waals surface area contributed by atoms with Crippen molar-refractivity contribution in [3.63, 3.8) is 0 Å². The smallest absolute Gasteiger partial charge is 0.338 e. The van der Waals surface area contributed by atoms with E-state index in [0.717, 1.165) is 11.1 Å². The predicted molar refractivity (Wildman–Crippen MR) is 132 cm³/mol. The predicted octanol–water partition coefficient (Wildman–Crippen LogP) is 3.99. The number of anilines is 2. The monoisotopic (exact) mass is 494 g/mol. The number of methoxy groups -OCH3 is 1. The van der Waals surface area contributed by atoms with Gasteiger partial charge in [0, 0.05) is 5.69 Å². The minimum atomic E-state index is -3.97. The fourth-order valence-electron chi connectivity index (χ4n) is 3.88. The lowest BCUT2D eigenvalue weighted by molar-refractivity contribution is -0.122. The number of sulfonamides is 1. The van der Waals surface area contributed by atoms with Crippen LogP contribution < -0.4 is 14.4 Å². The van der Waals surface area contributed by atoms with Gasteiger partial charge in [-0.05, 0) is 68.3 Å². The van der Waals surface area contributed by atoms with E-state index in [4.69, 9.17) is 9.47 Å². The molecule has 0 aromatic heterocycles. The molecular weight excluding hydrogens is 468 g/mol. The van der Waals surface area contributed by atoms with E-state index in [1.165, 1.54) is 11.4 Å². The Morgan fingerprint density at radius 2 is 1.69 bits per heavy atom. The lowest BCUT2D eigenvalue weighted by Gasteiger charge is -2.35. The van der Waals surface area contributed by atoms with Crippen LogP contribution in [0.3, 0.4) is 0 Å². The molecule has 4 rings (SSSR count). The van der Waals surface area contributed by atoms with E-state index in [1.54, 1.807) is 67.6 Å². The zero-order valence-corrected chi connectivity index (χ0v) is 20.7. The van der Waals surface area contributed by atoms with Crippen molar-refractivity contribution in [2.24, 2.45) is 0 Å². The fraction of sp³-hybridized carbons (Fsp3) is 0.231. The maximum atomic E-state index is 13.6. The van der Waals surface area contributed by atoms with E-state index < -0.39 is 28.0 Å². The molecule has 35 heavy (non-hydrogen) atoms. The van der Waals surface area contributed by atoms with Crippen molar-refractivity contribution in [1.82, 2.24) is 0 Å². The van der Waals surface area contributed by atoms with Gasteiger partial charge in [-0.25, -0.2) is 13.2 Å². The standard InChI is InChI=1S/C26H26N2O6S/c1-16-8-11-19(12-9-16)35(31,32)28-15-24(34-23-13-10-17(2)14-22(23)28)25(29)27-21-7-5-6-20(18(21)3)26(30)33-4/h5-14,24H,15H2,1-4H3,(H,27,29). The summed E-state index contributed by atoms with van der Waals surface area (Å²) in [5.41, 5.74) is 3.42. The highest BCUT2D eigenvalue weighted by atomic mass is 32.2. The summed E-state index contributed by atoms with van der Waals surface area (Å²) >= 11 is 0. The van der Waals surface area contributed by atoms with Gasteiger partial charge < -0.3 is 14.8 Å². The fourth-order valence-corrected chi connectivity index (χ4v) is 5.35. The van der Waals surface area contributed by atoms with Gasteiger partial charge in [0.15, 0.2) is 6.10 Å². The molecule has 1 N–H and O–H groups in total. The summed E-state index contributed by atoms with van der Waals surface area (Å²) in [6, 6.07) is 16.6. The first kappa shape index (κ1) is 24.3. The van der Waals surface area contributed by atoms with Crippen LogP contribution in [-0.2, 0) is 19.6 Å². The summed E-state index contributed by atoms with van der Waals surface area (Å²) in [6.45, 7) is 5.21. The summed E-state index contributed by atoms with van der Waals surface area (Å²) < 4.78 is 39.1. The van der Waals surface area contributed by atoms with Crippen molar-refractivity contribution in [1.29, 1.82) is 0 Å². The number of carbonyl (C=O) groups is 2. The molecule has 1 aliphatic heterocycles. The molecule has 0 fully saturated rings. The third kappa shape index (κ3) is 4.72. The second-order valence-electron chi connectivity index (χ2n) is 8.39. The van der Waals surface area contributed by atoms with E-state index in [0.29, 0.717) is 22.5 Å². The quantitative estimate of drug-likeness (QED) is 0.538. The molecule has 3 aromatic rings. The maximum absolute atomic E-state index is 13.6. The van der Waals surface area contributed by atoms with Gasteiger partial charge in [-0.15, -0.1) is 0 Å². The van der Waals surface area contributed by atoms with Gasteiger partial charge in [0.25, 0.3) is 15.9 Å². The Labute approximate surface area is 204 Å². The van der Waals surface area contributed by atoms with Crippen molar-refractivity contribution >= 4 is 33.3 Å². The summed E-state index contributed by atoms with van der Waals surface area (Å²) in [7, 11) is -2.68. The molecule has 1 heterocycles. The van der Waals surface area contributed by atoms with Crippen LogP contribution in [0.1, 0.15) is 27.0 Å². The van der Waals surface area contributed by atoms with Crippen molar-refractivity contribution in [3.05, 3.63) is 82.9 Å². The highest BCUT2D eigenvalue weighted by Crippen LogP contribution is 2.38. The van der Waals surface area contributed by atoms with Crippen LogP contribution in [0, 0.1) is 20.8 Å². The number of nitrogens with one attached hydrogen (secondary N) is 1. The molecule has 9 heteroatoms. The van der Waals surface area contributed by atoms with E-state index in [9.17, 15) is 18.0 Å². The van der Waals surface area contributed by atoms with Crippen LogP contribution in [0.15, 0.2) is 65.6 Å². The van der Waals surface area contributed by atoms with Gasteiger partial charge in [-0.2, -0.15) is 0 Å². The lowest BCUT2D eigenvalue weighted by Crippen LogP contribution is -2.49. The topological polar surface area (TPSA) is 102 Å².